The first-order valence-corrected chi connectivity index (χ1v) is 5.94. The first kappa shape index (κ1) is 10.3. The van der Waals surface area contributed by atoms with Crippen LogP contribution in [0.3, 0.4) is 0 Å². The molecule has 1 heterocycles. The summed E-state index contributed by atoms with van der Waals surface area (Å²) >= 11 is 0. The van der Waals surface area contributed by atoms with Gasteiger partial charge in [-0.1, -0.05) is 24.3 Å². The fourth-order valence-corrected chi connectivity index (χ4v) is 2.71. The van der Waals surface area contributed by atoms with E-state index in [2.05, 4.69) is 18.2 Å². The molecule has 2 N–H and O–H groups in total. The van der Waals surface area contributed by atoms with Gasteiger partial charge in [0.1, 0.15) is 0 Å². The van der Waals surface area contributed by atoms with Gasteiger partial charge in [-0.3, -0.25) is 0 Å². The van der Waals surface area contributed by atoms with E-state index in [0.29, 0.717) is 13.2 Å². The van der Waals surface area contributed by atoms with Crippen LogP contribution in [0.2, 0.25) is 0 Å². The molecular formula is C13H17NO2. The number of hydrogen-bond donors (Lipinski definition) is 1. The molecule has 16 heavy (non-hydrogen) atoms. The van der Waals surface area contributed by atoms with Gasteiger partial charge in [0.15, 0.2) is 5.79 Å². The molecular weight excluding hydrogens is 202 g/mol. The Balaban J connectivity index is 1.98. The third-order valence-corrected chi connectivity index (χ3v) is 3.50. The van der Waals surface area contributed by atoms with Crippen LogP contribution in [-0.2, 0) is 21.7 Å². The van der Waals surface area contributed by atoms with Crippen LogP contribution in [0.25, 0.3) is 0 Å². The summed E-state index contributed by atoms with van der Waals surface area (Å²) in [5.41, 5.74) is 8.20. The molecule has 1 aliphatic heterocycles. The number of nitrogens with two attached hydrogens (primary N) is 1. The molecule has 1 fully saturated rings. The van der Waals surface area contributed by atoms with Crippen LogP contribution in [0, 0.1) is 0 Å². The van der Waals surface area contributed by atoms with Gasteiger partial charge >= 0.3 is 0 Å². The Labute approximate surface area is 95.5 Å². The maximum Gasteiger partial charge on any atom is 0.195 e. The molecule has 0 amide bonds. The fraction of sp³-hybridized carbons (Fsp3) is 0.538. The molecule has 86 valence electrons. The van der Waals surface area contributed by atoms with Crippen LogP contribution in [0.4, 0.5) is 0 Å². The van der Waals surface area contributed by atoms with Crippen molar-refractivity contribution in [3.63, 3.8) is 0 Å². The van der Waals surface area contributed by atoms with E-state index in [9.17, 15) is 0 Å². The van der Waals surface area contributed by atoms with E-state index in [1.165, 1.54) is 11.1 Å². The lowest BCUT2D eigenvalue weighted by atomic mass is 9.86. The highest BCUT2D eigenvalue weighted by Crippen LogP contribution is 2.43. The van der Waals surface area contributed by atoms with Crippen molar-refractivity contribution in [2.45, 2.75) is 31.2 Å². The van der Waals surface area contributed by atoms with Crippen LogP contribution in [-0.4, -0.2) is 19.3 Å². The van der Waals surface area contributed by atoms with E-state index in [1.807, 2.05) is 6.07 Å². The largest absolute Gasteiger partial charge is 0.343 e. The lowest BCUT2D eigenvalue weighted by Crippen LogP contribution is -2.33. The molecule has 0 bridgehead atoms. The van der Waals surface area contributed by atoms with Crippen LogP contribution in [0.15, 0.2) is 24.3 Å². The number of benzene rings is 1. The summed E-state index contributed by atoms with van der Waals surface area (Å²) in [5.74, 6) is -0.501. The molecule has 1 saturated heterocycles. The molecule has 0 saturated carbocycles. The highest BCUT2D eigenvalue weighted by Gasteiger charge is 2.45. The van der Waals surface area contributed by atoms with Gasteiger partial charge in [0.2, 0.25) is 0 Å². The van der Waals surface area contributed by atoms with Crippen LogP contribution in [0.1, 0.15) is 24.0 Å². The summed E-state index contributed by atoms with van der Waals surface area (Å²) in [6, 6.07) is 8.41. The standard InChI is InChI=1S/C13H17NO2/c14-8-11-9-15-13(16-11)7-3-5-10-4-1-2-6-12(10)13/h1-2,4,6,11H,3,5,7-9,14H2. The van der Waals surface area contributed by atoms with Gasteiger partial charge < -0.3 is 15.2 Å². The van der Waals surface area contributed by atoms with Crippen molar-refractivity contribution in [1.82, 2.24) is 0 Å². The molecule has 3 heteroatoms. The van der Waals surface area contributed by atoms with Gasteiger partial charge in [0.05, 0.1) is 12.7 Å². The Kier molecular flexibility index (Phi) is 2.46. The molecule has 3 nitrogen and oxygen atoms in total. The van der Waals surface area contributed by atoms with Gasteiger partial charge in [-0.25, -0.2) is 0 Å². The maximum absolute atomic E-state index is 6.02. The second-order valence-electron chi connectivity index (χ2n) is 4.55. The highest BCUT2D eigenvalue weighted by atomic mass is 16.7. The van der Waals surface area contributed by atoms with E-state index in [-0.39, 0.29) is 6.10 Å². The number of aryl methyl sites for hydroxylation is 1. The zero-order valence-corrected chi connectivity index (χ0v) is 9.32. The van der Waals surface area contributed by atoms with Crippen molar-refractivity contribution < 1.29 is 9.47 Å². The van der Waals surface area contributed by atoms with Crippen molar-refractivity contribution in [1.29, 1.82) is 0 Å². The molecule has 1 aliphatic carbocycles. The van der Waals surface area contributed by atoms with Gasteiger partial charge in [0, 0.05) is 18.5 Å². The molecule has 2 unspecified atom stereocenters. The Morgan fingerprint density at radius 1 is 1.38 bits per heavy atom. The molecule has 0 radical (unpaired) electrons. The Hall–Kier alpha value is -0.900. The topological polar surface area (TPSA) is 44.5 Å². The average Bonchev–Trinajstić information content (AvgIpc) is 2.74. The summed E-state index contributed by atoms with van der Waals surface area (Å²) in [7, 11) is 0. The first-order chi connectivity index (χ1) is 7.84. The molecule has 1 aromatic rings. The van der Waals surface area contributed by atoms with E-state index in [4.69, 9.17) is 15.2 Å². The summed E-state index contributed by atoms with van der Waals surface area (Å²) in [5, 5.41) is 0. The van der Waals surface area contributed by atoms with Crippen LogP contribution < -0.4 is 5.73 Å². The minimum atomic E-state index is -0.501. The average molecular weight is 219 g/mol. The smallest absolute Gasteiger partial charge is 0.195 e. The summed E-state index contributed by atoms with van der Waals surface area (Å²) in [4.78, 5) is 0. The van der Waals surface area contributed by atoms with Crippen LogP contribution in [0.5, 0.6) is 0 Å². The summed E-state index contributed by atoms with van der Waals surface area (Å²) < 4.78 is 11.9. The Morgan fingerprint density at radius 2 is 2.25 bits per heavy atom. The Bertz CT molecular complexity index is 393. The fourth-order valence-electron chi connectivity index (χ4n) is 2.71. The van der Waals surface area contributed by atoms with Gasteiger partial charge in [0.25, 0.3) is 0 Å². The number of rotatable bonds is 1. The van der Waals surface area contributed by atoms with Crippen molar-refractivity contribution in [3.05, 3.63) is 35.4 Å². The van der Waals surface area contributed by atoms with Gasteiger partial charge in [-0.05, 0) is 18.4 Å². The number of ether oxygens (including phenoxy) is 2. The zero-order valence-electron chi connectivity index (χ0n) is 9.32. The van der Waals surface area contributed by atoms with E-state index < -0.39 is 5.79 Å². The highest BCUT2D eigenvalue weighted by molar-refractivity contribution is 5.33. The summed E-state index contributed by atoms with van der Waals surface area (Å²) in [6.45, 7) is 1.15. The van der Waals surface area contributed by atoms with Crippen molar-refractivity contribution in [2.75, 3.05) is 13.2 Å². The van der Waals surface area contributed by atoms with E-state index in [0.717, 1.165) is 19.3 Å². The van der Waals surface area contributed by atoms with E-state index >= 15 is 0 Å². The van der Waals surface area contributed by atoms with Gasteiger partial charge in [-0.2, -0.15) is 0 Å². The SMILES string of the molecule is NCC1COC2(CCCc3ccccc32)O1. The number of hydrogen-bond acceptors (Lipinski definition) is 3. The van der Waals surface area contributed by atoms with Crippen molar-refractivity contribution >= 4 is 0 Å². The normalized spacial score (nSPS) is 32.9. The molecule has 0 aromatic heterocycles. The second-order valence-corrected chi connectivity index (χ2v) is 4.55. The lowest BCUT2D eigenvalue weighted by molar-refractivity contribution is -0.185. The molecule has 3 rings (SSSR count). The van der Waals surface area contributed by atoms with Crippen molar-refractivity contribution in [3.8, 4) is 0 Å². The predicted molar refractivity (Wildman–Crippen MR) is 60.9 cm³/mol. The van der Waals surface area contributed by atoms with Crippen molar-refractivity contribution in [2.24, 2.45) is 5.73 Å². The third-order valence-electron chi connectivity index (χ3n) is 3.50. The maximum atomic E-state index is 6.02. The molecule has 2 atom stereocenters. The predicted octanol–water partition coefficient (Wildman–Crippen LogP) is 1.55. The van der Waals surface area contributed by atoms with Gasteiger partial charge in [-0.15, -0.1) is 0 Å². The molecule has 1 aromatic carbocycles. The lowest BCUT2D eigenvalue weighted by Gasteiger charge is -2.34. The first-order valence-electron chi connectivity index (χ1n) is 5.94. The minimum Gasteiger partial charge on any atom is -0.343 e. The summed E-state index contributed by atoms with van der Waals surface area (Å²) in [6.07, 6.45) is 3.23. The van der Waals surface area contributed by atoms with Crippen LogP contribution >= 0.6 is 0 Å². The minimum absolute atomic E-state index is 0.0474. The third kappa shape index (κ3) is 1.47. The van der Waals surface area contributed by atoms with E-state index in [1.54, 1.807) is 0 Å². The molecule has 2 aliphatic rings. The monoisotopic (exact) mass is 219 g/mol. The Morgan fingerprint density at radius 3 is 3.06 bits per heavy atom. The molecule has 1 spiro atoms. The number of fused-ring (bicyclic) bond motifs is 2. The quantitative estimate of drug-likeness (QED) is 0.779. The zero-order chi connectivity index (χ0) is 11.0. The second kappa shape index (κ2) is 3.84.